The number of rotatable bonds is 9. The van der Waals surface area contributed by atoms with Gasteiger partial charge in [-0.05, 0) is 49.2 Å². The Bertz CT molecular complexity index is 849. The number of aryl methyl sites for hydroxylation is 1. The number of benzene rings is 2. The summed E-state index contributed by atoms with van der Waals surface area (Å²) in [7, 11) is 1.52. The van der Waals surface area contributed by atoms with Crippen LogP contribution < -0.4 is 15.4 Å². The van der Waals surface area contributed by atoms with Gasteiger partial charge < -0.3 is 20.3 Å². The highest BCUT2D eigenvalue weighted by molar-refractivity contribution is 5.98. The van der Waals surface area contributed by atoms with Crippen LogP contribution in [0.5, 0.6) is 5.75 Å². The molecule has 0 aliphatic rings. The van der Waals surface area contributed by atoms with Gasteiger partial charge in [0.05, 0.1) is 19.7 Å². The second kappa shape index (κ2) is 10.8. The van der Waals surface area contributed by atoms with Gasteiger partial charge in [-0.2, -0.15) is 0 Å². The van der Waals surface area contributed by atoms with Gasteiger partial charge in [-0.25, -0.2) is 0 Å². The summed E-state index contributed by atoms with van der Waals surface area (Å²) < 4.78 is 5.33. The second-order valence-electron chi connectivity index (χ2n) is 6.45. The van der Waals surface area contributed by atoms with E-state index in [1.807, 2.05) is 38.1 Å². The quantitative estimate of drug-likeness (QED) is 0.680. The lowest BCUT2D eigenvalue weighted by atomic mass is 10.1. The third-order valence-electron chi connectivity index (χ3n) is 4.31. The maximum absolute atomic E-state index is 12.2. The van der Waals surface area contributed by atoms with Crippen molar-refractivity contribution in [3.63, 3.8) is 0 Å². The lowest BCUT2D eigenvalue weighted by molar-refractivity contribution is -0.132. The molecule has 2 aromatic carbocycles. The fourth-order valence-electron chi connectivity index (χ4n) is 2.71. The molecule has 0 spiro atoms. The maximum atomic E-state index is 12.2. The molecule has 0 heterocycles. The number of para-hydroxylation sites is 1. The highest BCUT2D eigenvalue weighted by Crippen LogP contribution is 2.15. The van der Waals surface area contributed by atoms with E-state index < -0.39 is 0 Å². The Kier molecular flexibility index (Phi) is 8.21. The number of ether oxygens (including phenoxy) is 1. The van der Waals surface area contributed by atoms with Crippen LogP contribution in [0, 0.1) is 0 Å². The SMILES string of the molecule is CCOc1ccc(C(=O)NCC(=O)N(C)CC(=O)Nc2ccccc2CC)cc1. The van der Waals surface area contributed by atoms with Crippen molar-refractivity contribution in [3.05, 3.63) is 59.7 Å². The van der Waals surface area contributed by atoms with Crippen molar-refractivity contribution in [2.45, 2.75) is 20.3 Å². The molecular formula is C22H27N3O4. The zero-order chi connectivity index (χ0) is 21.2. The van der Waals surface area contributed by atoms with Gasteiger partial charge in [0.2, 0.25) is 11.8 Å². The molecule has 0 radical (unpaired) electrons. The monoisotopic (exact) mass is 397 g/mol. The fourth-order valence-corrected chi connectivity index (χ4v) is 2.71. The molecule has 7 heteroatoms. The molecule has 0 aliphatic carbocycles. The molecule has 154 valence electrons. The summed E-state index contributed by atoms with van der Waals surface area (Å²) in [4.78, 5) is 37.9. The molecule has 3 amide bonds. The zero-order valence-electron chi connectivity index (χ0n) is 17.0. The van der Waals surface area contributed by atoms with Gasteiger partial charge in [-0.1, -0.05) is 25.1 Å². The molecular weight excluding hydrogens is 370 g/mol. The molecule has 0 bridgehead atoms. The number of likely N-dealkylation sites (N-methyl/N-ethyl adjacent to an activating group) is 1. The standard InChI is InChI=1S/C22H27N3O4/c1-4-16-8-6-7-9-19(16)24-20(26)15-25(3)21(27)14-23-22(28)17-10-12-18(13-11-17)29-5-2/h6-13H,4-5,14-15H2,1-3H3,(H,23,28)(H,24,26). The van der Waals surface area contributed by atoms with Crippen molar-refractivity contribution in [2.75, 3.05) is 32.1 Å². The number of nitrogens with one attached hydrogen (secondary N) is 2. The molecule has 0 aliphatic heterocycles. The van der Waals surface area contributed by atoms with E-state index in [2.05, 4.69) is 10.6 Å². The van der Waals surface area contributed by atoms with E-state index in [1.54, 1.807) is 24.3 Å². The summed E-state index contributed by atoms with van der Waals surface area (Å²) >= 11 is 0. The predicted molar refractivity (Wildman–Crippen MR) is 112 cm³/mol. The summed E-state index contributed by atoms with van der Waals surface area (Å²) in [6, 6.07) is 14.2. The third-order valence-corrected chi connectivity index (χ3v) is 4.31. The first-order valence-corrected chi connectivity index (χ1v) is 9.57. The van der Waals surface area contributed by atoms with Crippen molar-refractivity contribution >= 4 is 23.4 Å². The largest absolute Gasteiger partial charge is 0.494 e. The van der Waals surface area contributed by atoms with Gasteiger partial charge in [0.1, 0.15) is 5.75 Å². The normalized spacial score (nSPS) is 10.2. The predicted octanol–water partition coefficient (Wildman–Crippen LogP) is 2.47. The van der Waals surface area contributed by atoms with Crippen LogP contribution in [-0.2, 0) is 16.0 Å². The summed E-state index contributed by atoms with van der Waals surface area (Å²) in [6.07, 6.45) is 0.794. The number of amides is 3. The Balaban J connectivity index is 1.82. The van der Waals surface area contributed by atoms with Gasteiger partial charge in [-0.3, -0.25) is 14.4 Å². The van der Waals surface area contributed by atoms with E-state index in [0.717, 1.165) is 17.7 Å². The number of anilines is 1. The van der Waals surface area contributed by atoms with E-state index in [-0.39, 0.29) is 30.8 Å². The van der Waals surface area contributed by atoms with Crippen LogP contribution in [0.2, 0.25) is 0 Å². The Hall–Kier alpha value is -3.35. The molecule has 0 fully saturated rings. The summed E-state index contributed by atoms with van der Waals surface area (Å²) in [6.45, 7) is 4.14. The van der Waals surface area contributed by atoms with Gasteiger partial charge in [0.15, 0.2) is 0 Å². The van der Waals surface area contributed by atoms with Crippen LogP contribution in [0.15, 0.2) is 48.5 Å². The molecule has 2 aromatic rings. The highest BCUT2D eigenvalue weighted by Gasteiger charge is 2.15. The number of carbonyl (C=O) groups excluding carboxylic acids is 3. The molecule has 0 saturated heterocycles. The van der Waals surface area contributed by atoms with Gasteiger partial charge in [-0.15, -0.1) is 0 Å². The first kappa shape index (κ1) is 21.9. The Morgan fingerprint density at radius 2 is 1.69 bits per heavy atom. The minimum absolute atomic E-state index is 0.101. The Morgan fingerprint density at radius 3 is 2.34 bits per heavy atom. The topological polar surface area (TPSA) is 87.7 Å². The van der Waals surface area contributed by atoms with Crippen molar-refractivity contribution < 1.29 is 19.1 Å². The highest BCUT2D eigenvalue weighted by atomic mass is 16.5. The molecule has 2 rings (SSSR count). The first-order valence-electron chi connectivity index (χ1n) is 9.57. The van der Waals surface area contributed by atoms with Crippen LogP contribution in [0.3, 0.4) is 0 Å². The first-order chi connectivity index (χ1) is 13.9. The van der Waals surface area contributed by atoms with E-state index in [4.69, 9.17) is 4.74 Å². The molecule has 0 atom stereocenters. The average molecular weight is 397 g/mol. The molecule has 0 aromatic heterocycles. The number of hydrogen-bond acceptors (Lipinski definition) is 4. The molecule has 0 unspecified atom stereocenters. The van der Waals surface area contributed by atoms with Gasteiger partial charge >= 0.3 is 0 Å². The van der Waals surface area contributed by atoms with Crippen molar-refractivity contribution in [2.24, 2.45) is 0 Å². The summed E-state index contributed by atoms with van der Waals surface area (Å²) in [5.74, 6) is -0.338. The lowest BCUT2D eigenvalue weighted by Gasteiger charge is -2.18. The smallest absolute Gasteiger partial charge is 0.251 e. The minimum Gasteiger partial charge on any atom is -0.494 e. The maximum Gasteiger partial charge on any atom is 0.251 e. The second-order valence-corrected chi connectivity index (χ2v) is 6.45. The molecule has 7 nitrogen and oxygen atoms in total. The van der Waals surface area contributed by atoms with Gasteiger partial charge in [0, 0.05) is 18.3 Å². The van der Waals surface area contributed by atoms with Gasteiger partial charge in [0.25, 0.3) is 5.91 Å². The minimum atomic E-state index is -0.365. The van der Waals surface area contributed by atoms with E-state index >= 15 is 0 Å². The van der Waals surface area contributed by atoms with Crippen molar-refractivity contribution in [3.8, 4) is 5.75 Å². The molecule has 0 saturated carbocycles. The van der Waals surface area contributed by atoms with Crippen molar-refractivity contribution in [1.82, 2.24) is 10.2 Å². The number of carbonyl (C=O) groups is 3. The number of hydrogen-bond donors (Lipinski definition) is 2. The van der Waals surface area contributed by atoms with Crippen LogP contribution in [-0.4, -0.2) is 49.4 Å². The van der Waals surface area contributed by atoms with Crippen LogP contribution in [0.1, 0.15) is 29.8 Å². The van der Waals surface area contributed by atoms with E-state index in [1.165, 1.54) is 11.9 Å². The molecule has 29 heavy (non-hydrogen) atoms. The zero-order valence-corrected chi connectivity index (χ0v) is 17.0. The van der Waals surface area contributed by atoms with E-state index in [9.17, 15) is 14.4 Å². The summed E-state index contributed by atoms with van der Waals surface area (Å²) in [5.41, 5.74) is 2.19. The Labute approximate surface area is 171 Å². The van der Waals surface area contributed by atoms with Crippen molar-refractivity contribution in [1.29, 1.82) is 0 Å². The lowest BCUT2D eigenvalue weighted by Crippen LogP contribution is -2.41. The van der Waals surface area contributed by atoms with Crippen LogP contribution >= 0.6 is 0 Å². The van der Waals surface area contributed by atoms with Crippen LogP contribution in [0.4, 0.5) is 5.69 Å². The Morgan fingerprint density at radius 1 is 1.00 bits per heavy atom. The summed E-state index contributed by atoms with van der Waals surface area (Å²) in [5, 5.41) is 5.39. The third kappa shape index (κ3) is 6.64. The number of nitrogens with zero attached hydrogens (tertiary/aromatic N) is 1. The molecule has 2 N–H and O–H groups in total. The average Bonchev–Trinajstić information content (AvgIpc) is 2.72. The van der Waals surface area contributed by atoms with Crippen LogP contribution in [0.25, 0.3) is 0 Å². The van der Waals surface area contributed by atoms with E-state index in [0.29, 0.717) is 17.9 Å². The fraction of sp³-hybridized carbons (Fsp3) is 0.318.